The van der Waals surface area contributed by atoms with Crippen LogP contribution in [-0.2, 0) is 71.7 Å². The number of hydrogen-bond donors (Lipinski definition) is 0. The first kappa shape index (κ1) is 66.3. The van der Waals surface area contributed by atoms with Crippen LogP contribution in [0.1, 0.15) is 126 Å². The monoisotopic (exact) mass is 1400 g/mol. The average Bonchev–Trinajstić information content (AvgIpc) is 4.29. The zero-order valence-corrected chi connectivity index (χ0v) is 57.4. The van der Waals surface area contributed by atoms with Crippen LogP contribution < -0.4 is 35.2 Å². The molecule has 0 atom stereocenters. The molecular formula is C70H76Cl2Hf2Si2-2. The Morgan fingerprint density at radius 1 is 0.329 bits per heavy atom. The van der Waals surface area contributed by atoms with Crippen LogP contribution in [-0.4, -0.2) is 11.0 Å². The summed E-state index contributed by atoms with van der Waals surface area (Å²) in [5, 5.41) is 3.16. The van der Waals surface area contributed by atoms with Gasteiger partial charge in [-0.3, -0.25) is 24.3 Å². The van der Waals surface area contributed by atoms with Gasteiger partial charge in [0.15, 0.2) is 0 Å². The van der Waals surface area contributed by atoms with Gasteiger partial charge in [-0.25, -0.2) is 46.6 Å². The summed E-state index contributed by atoms with van der Waals surface area (Å²) in [5.41, 5.74) is 22.0. The Balaban J connectivity index is 0.000000241. The molecule has 0 bridgehead atoms. The molecule has 0 unspecified atom stereocenters. The molecule has 0 saturated heterocycles. The quantitative estimate of drug-likeness (QED) is 0.0947. The van der Waals surface area contributed by atoms with E-state index in [1.807, 2.05) is 0 Å². The number of hydrogen-bond acceptors (Lipinski definition) is 0. The third-order valence-corrected chi connectivity index (χ3v) is 21.8. The molecule has 0 radical (unpaired) electrons. The molecule has 10 rings (SSSR count). The van der Waals surface area contributed by atoms with Crippen molar-refractivity contribution in [3.8, 4) is 0 Å². The van der Waals surface area contributed by atoms with E-state index in [0.717, 1.165) is 51.4 Å². The molecule has 0 nitrogen and oxygen atoms in total. The van der Waals surface area contributed by atoms with Gasteiger partial charge in [0, 0.05) is 0 Å². The van der Waals surface area contributed by atoms with Gasteiger partial charge in [0.2, 0.25) is 0 Å². The maximum Gasteiger partial charge on any atom is -1.00 e. The van der Waals surface area contributed by atoms with Gasteiger partial charge in [-0.2, -0.15) is 0 Å². The van der Waals surface area contributed by atoms with Crippen LogP contribution in [0.3, 0.4) is 0 Å². The molecule has 6 heteroatoms. The molecule has 6 aromatic rings. The summed E-state index contributed by atoms with van der Waals surface area (Å²) in [4.78, 5) is 0. The van der Waals surface area contributed by atoms with Gasteiger partial charge >= 0.3 is 141 Å². The minimum Gasteiger partial charge on any atom is -1.00 e. The van der Waals surface area contributed by atoms with E-state index in [9.17, 15) is 0 Å². The fourth-order valence-corrected chi connectivity index (χ4v) is 14.0. The number of allylic oxidation sites excluding steroid dienone is 16. The van der Waals surface area contributed by atoms with Gasteiger partial charge in [0.1, 0.15) is 0 Å². The molecule has 4 aliphatic carbocycles. The second-order valence-corrected chi connectivity index (χ2v) is 38.7. The van der Waals surface area contributed by atoms with E-state index in [0.29, 0.717) is 0 Å². The molecule has 6 aromatic carbocycles. The van der Waals surface area contributed by atoms with E-state index in [4.69, 9.17) is 0 Å². The second-order valence-electron chi connectivity index (χ2n) is 18.8. The molecule has 0 heterocycles. The van der Waals surface area contributed by atoms with Crippen molar-refractivity contribution in [2.45, 2.75) is 120 Å². The van der Waals surface area contributed by atoms with Gasteiger partial charge in [0.25, 0.3) is 0 Å². The maximum absolute atomic E-state index is 3.34. The van der Waals surface area contributed by atoms with E-state index < -0.39 is 0 Å². The SMILES string of the molecule is CCc1ccccc1C1=CC(C)=[C-]C1.CCc1ccccc1C1=CC(C)=[C-]C1.CCc1ccccc1C1=CC(C)=[C-]C1.CCc1ccccc1C1=CC(C)=[C-]C1.C[Si](=[Hf+2])c1ccccc1.C[Si](=[Hf+2])c1ccccc1.[Cl-].[Cl-]. The van der Waals surface area contributed by atoms with Gasteiger partial charge < -0.3 is 24.8 Å². The van der Waals surface area contributed by atoms with Crippen LogP contribution >= 0.6 is 0 Å². The zero-order valence-electron chi connectivity index (χ0n) is 46.7. The first-order chi connectivity index (χ1) is 35.8. The predicted octanol–water partition coefficient (Wildman–Crippen LogP) is 11.3. The van der Waals surface area contributed by atoms with Gasteiger partial charge in [0.05, 0.1) is 0 Å². The summed E-state index contributed by atoms with van der Waals surface area (Å²) >= 11 is 2.72. The number of halogens is 2. The van der Waals surface area contributed by atoms with E-state index >= 15 is 0 Å². The number of benzene rings is 6. The van der Waals surface area contributed by atoms with E-state index in [1.165, 1.54) is 135 Å². The topological polar surface area (TPSA) is 0 Å². The standard InChI is InChI=1S/4C14H15.2C7H8Si.2ClH.2Hf/c4*1-3-12-6-4-5-7-14(12)13-9-8-11(2)10-13;2*1-8-7-5-3-2-4-6-7;;;;/h4*4-7,10H,3,9H2,1-2H3;2*2-6H,1H3;2*1H;;/q4*-1;;;;;2*+2/p-2. The van der Waals surface area contributed by atoms with Crippen molar-refractivity contribution < 1.29 is 70.8 Å². The number of aryl methyl sites for hydroxylation is 4. The van der Waals surface area contributed by atoms with Crippen molar-refractivity contribution >= 4 is 43.7 Å². The normalized spacial score (nSPS) is 13.4. The molecule has 76 heavy (non-hydrogen) atoms. The first-order valence-electron chi connectivity index (χ1n) is 26.5. The summed E-state index contributed by atoms with van der Waals surface area (Å²) in [7, 11) is 0. The van der Waals surface area contributed by atoms with E-state index in [1.54, 1.807) is 10.4 Å². The molecule has 0 aromatic heterocycles. The van der Waals surface area contributed by atoms with E-state index in [-0.39, 0.29) is 35.8 Å². The van der Waals surface area contributed by atoms with Crippen LogP contribution in [0.25, 0.3) is 22.3 Å². The maximum atomic E-state index is 3.34. The summed E-state index contributed by atoms with van der Waals surface area (Å²) in [6, 6.07) is 56.2. The molecule has 0 spiro atoms. The second kappa shape index (κ2) is 36.2. The first-order valence-corrected chi connectivity index (χ1v) is 41.3. The largest absolute Gasteiger partial charge is 1.00 e. The van der Waals surface area contributed by atoms with Crippen molar-refractivity contribution in [3.63, 3.8) is 0 Å². The van der Waals surface area contributed by atoms with Crippen molar-refractivity contribution in [2.24, 2.45) is 0 Å². The molecule has 388 valence electrons. The Morgan fingerprint density at radius 3 is 0.684 bits per heavy atom. The fourth-order valence-electron chi connectivity index (χ4n) is 9.03. The average molecular weight is 1400 g/mol. The van der Waals surface area contributed by atoms with Crippen LogP contribution in [0.15, 0.2) is 204 Å². The van der Waals surface area contributed by atoms with Gasteiger partial charge in [-0.1, -0.05) is 152 Å². The predicted molar refractivity (Wildman–Crippen MR) is 319 cm³/mol. The van der Waals surface area contributed by atoms with Crippen molar-refractivity contribution in [1.82, 2.24) is 0 Å². The van der Waals surface area contributed by atoms with Crippen LogP contribution in [0.4, 0.5) is 0 Å². The van der Waals surface area contributed by atoms with Crippen molar-refractivity contribution in [1.29, 1.82) is 0 Å². The Morgan fingerprint density at radius 2 is 0.526 bits per heavy atom. The minimum atomic E-state index is -0.0733. The summed E-state index contributed by atoms with van der Waals surface area (Å²) in [5.74, 6) is 0. The molecular weight excluding hydrogens is 1320 g/mol. The Labute approximate surface area is 502 Å². The summed E-state index contributed by atoms with van der Waals surface area (Å²) in [6.45, 7) is 22.0. The Bertz CT molecular complexity index is 2710. The van der Waals surface area contributed by atoms with Crippen LogP contribution in [0.5, 0.6) is 0 Å². The molecule has 0 saturated carbocycles. The van der Waals surface area contributed by atoms with Crippen molar-refractivity contribution in [3.05, 3.63) is 273 Å². The van der Waals surface area contributed by atoms with Crippen LogP contribution in [0.2, 0.25) is 13.1 Å². The van der Waals surface area contributed by atoms with Crippen molar-refractivity contribution in [2.75, 3.05) is 0 Å². The summed E-state index contributed by atoms with van der Waals surface area (Å²) < 4.78 is 0. The van der Waals surface area contributed by atoms with E-state index in [2.05, 4.69) is 275 Å². The Kier molecular flexibility index (Phi) is 31.6. The molecule has 0 N–H and O–H groups in total. The Hall–Kier alpha value is -4.01. The van der Waals surface area contributed by atoms with Gasteiger partial charge in [-0.05, 0) is 70.2 Å². The minimum absolute atomic E-state index is 0. The molecule has 4 aliphatic rings. The third kappa shape index (κ3) is 21.7. The zero-order chi connectivity index (χ0) is 53.2. The summed E-state index contributed by atoms with van der Waals surface area (Å²) in [6.07, 6.45) is 30.7. The van der Waals surface area contributed by atoms with Crippen LogP contribution in [0, 0.1) is 24.3 Å². The third-order valence-electron chi connectivity index (χ3n) is 13.2. The molecule has 0 fully saturated rings. The molecule has 0 amide bonds. The molecule has 0 aliphatic heterocycles. The smallest absolute Gasteiger partial charge is 1.00 e. The van der Waals surface area contributed by atoms with Gasteiger partial charge in [-0.15, -0.1) is 48.0 Å². The fraction of sp³-hybridized carbons (Fsp3) is 0.257. The number of rotatable bonds is 10.